The van der Waals surface area contributed by atoms with Crippen LogP contribution in [0.25, 0.3) is 0 Å². The second-order valence-corrected chi connectivity index (χ2v) is 6.04. The number of rotatable bonds is 8. The maximum absolute atomic E-state index is 12.5. The molecule has 5 nitrogen and oxygen atoms in total. The van der Waals surface area contributed by atoms with Crippen molar-refractivity contribution in [1.82, 2.24) is 0 Å². The number of halogens is 2. The van der Waals surface area contributed by atoms with Crippen LogP contribution in [-0.4, -0.2) is 33.1 Å². The molecule has 2 aromatic rings. The van der Waals surface area contributed by atoms with E-state index < -0.39 is 11.7 Å². The van der Waals surface area contributed by atoms with Gasteiger partial charge in [0, 0.05) is 0 Å². The number of ether oxygens (including phenoxy) is 4. The zero-order valence-corrected chi connectivity index (χ0v) is 15.3. The van der Waals surface area contributed by atoms with Crippen molar-refractivity contribution in [2.24, 2.45) is 0 Å². The lowest BCUT2D eigenvalue weighted by Gasteiger charge is -2.13. The molecule has 0 amide bonds. The topological polar surface area (TPSA) is 54.0 Å². The van der Waals surface area contributed by atoms with Gasteiger partial charge in [-0.05, 0) is 35.9 Å². The first-order valence-corrected chi connectivity index (χ1v) is 8.37. The summed E-state index contributed by atoms with van der Waals surface area (Å²) < 4.78 is 45.8. The number of alkyl halides is 2. The highest BCUT2D eigenvalue weighted by Crippen LogP contribution is 2.35. The van der Waals surface area contributed by atoms with Gasteiger partial charge in [0.25, 0.3) is 5.76 Å². The zero-order chi connectivity index (χ0) is 19.1. The summed E-state index contributed by atoms with van der Waals surface area (Å²) in [6.07, 6.45) is 0. The first kappa shape index (κ1) is 19.8. The van der Waals surface area contributed by atoms with Gasteiger partial charge in [-0.25, -0.2) is 4.79 Å². The monoisotopic (exact) mass is 384 g/mol. The Hall–Kier alpha value is -2.48. The summed E-state index contributed by atoms with van der Waals surface area (Å²) in [5.41, 5.74) is 1.08. The SMILES string of the molecule is COC(=O)c1ccc(OCc2ccc(SC(F)F)c(OC)c2)c(OC)c1. The zero-order valence-electron chi connectivity index (χ0n) is 14.5. The van der Waals surface area contributed by atoms with E-state index in [0.717, 1.165) is 5.56 Å². The molecular weight excluding hydrogens is 366 g/mol. The molecule has 0 spiro atoms. The Bertz CT molecular complexity index is 767. The van der Waals surface area contributed by atoms with Crippen LogP contribution in [0.3, 0.4) is 0 Å². The second-order valence-electron chi connectivity index (χ2n) is 5.01. The molecule has 0 N–H and O–H groups in total. The van der Waals surface area contributed by atoms with Crippen LogP contribution in [0.15, 0.2) is 41.3 Å². The van der Waals surface area contributed by atoms with Crippen molar-refractivity contribution in [1.29, 1.82) is 0 Å². The standard InChI is InChI=1S/C18H18F2O5S/c1-22-14-9-12(17(21)24-3)5-6-13(14)25-10-11-4-7-16(26-18(19)20)15(8-11)23-2/h4-9,18H,10H2,1-3H3. The molecule has 2 aromatic carbocycles. The molecule has 0 radical (unpaired) electrons. The highest BCUT2D eigenvalue weighted by Gasteiger charge is 2.14. The minimum Gasteiger partial charge on any atom is -0.496 e. The Kier molecular flexibility index (Phi) is 7.08. The number of thioether (sulfide) groups is 1. The van der Waals surface area contributed by atoms with Gasteiger partial charge in [-0.1, -0.05) is 17.8 Å². The third-order valence-corrected chi connectivity index (χ3v) is 4.19. The molecule has 0 saturated carbocycles. The van der Waals surface area contributed by atoms with E-state index in [1.54, 1.807) is 30.3 Å². The van der Waals surface area contributed by atoms with Gasteiger partial charge in [0.15, 0.2) is 11.5 Å². The van der Waals surface area contributed by atoms with Crippen molar-refractivity contribution in [2.45, 2.75) is 17.3 Å². The number of carbonyl (C=O) groups is 1. The van der Waals surface area contributed by atoms with E-state index in [0.29, 0.717) is 39.5 Å². The van der Waals surface area contributed by atoms with Gasteiger partial charge < -0.3 is 18.9 Å². The van der Waals surface area contributed by atoms with E-state index in [1.807, 2.05) is 0 Å². The Balaban J connectivity index is 2.14. The Labute approximate surface area is 154 Å². The smallest absolute Gasteiger partial charge is 0.337 e. The fourth-order valence-electron chi connectivity index (χ4n) is 2.19. The van der Waals surface area contributed by atoms with E-state index in [-0.39, 0.29) is 6.61 Å². The lowest BCUT2D eigenvalue weighted by Crippen LogP contribution is -2.03. The number of methoxy groups -OCH3 is 3. The minimum atomic E-state index is -2.52. The van der Waals surface area contributed by atoms with Crippen LogP contribution in [0.5, 0.6) is 17.2 Å². The van der Waals surface area contributed by atoms with E-state index in [1.165, 1.54) is 27.4 Å². The molecule has 0 saturated heterocycles. The van der Waals surface area contributed by atoms with Crippen LogP contribution in [0.4, 0.5) is 8.78 Å². The van der Waals surface area contributed by atoms with Crippen LogP contribution < -0.4 is 14.2 Å². The van der Waals surface area contributed by atoms with E-state index in [4.69, 9.17) is 14.2 Å². The summed E-state index contributed by atoms with van der Waals surface area (Å²) >= 11 is 0.422. The maximum atomic E-state index is 12.5. The van der Waals surface area contributed by atoms with Gasteiger partial charge in [-0.2, -0.15) is 8.78 Å². The van der Waals surface area contributed by atoms with Crippen LogP contribution in [0, 0.1) is 0 Å². The number of hydrogen-bond acceptors (Lipinski definition) is 6. The fourth-order valence-corrected chi connectivity index (χ4v) is 2.78. The average Bonchev–Trinajstić information content (AvgIpc) is 2.65. The highest BCUT2D eigenvalue weighted by atomic mass is 32.2. The van der Waals surface area contributed by atoms with Crippen molar-refractivity contribution >= 4 is 17.7 Å². The van der Waals surface area contributed by atoms with Crippen molar-refractivity contribution in [2.75, 3.05) is 21.3 Å². The number of hydrogen-bond donors (Lipinski definition) is 0. The minimum absolute atomic E-state index is 0.171. The molecule has 140 valence electrons. The van der Waals surface area contributed by atoms with Gasteiger partial charge in [-0.3, -0.25) is 0 Å². The van der Waals surface area contributed by atoms with Gasteiger partial charge in [0.2, 0.25) is 0 Å². The van der Waals surface area contributed by atoms with E-state index in [9.17, 15) is 13.6 Å². The average molecular weight is 384 g/mol. The molecule has 0 bridgehead atoms. The molecule has 0 aliphatic heterocycles. The lowest BCUT2D eigenvalue weighted by atomic mass is 10.2. The van der Waals surface area contributed by atoms with E-state index >= 15 is 0 Å². The molecule has 2 rings (SSSR count). The van der Waals surface area contributed by atoms with Crippen LogP contribution >= 0.6 is 11.8 Å². The van der Waals surface area contributed by atoms with Crippen molar-refractivity contribution < 1.29 is 32.5 Å². The van der Waals surface area contributed by atoms with Gasteiger partial charge in [-0.15, -0.1) is 0 Å². The fraction of sp³-hybridized carbons (Fsp3) is 0.278. The molecule has 0 aliphatic carbocycles. The second kappa shape index (κ2) is 9.28. The van der Waals surface area contributed by atoms with Gasteiger partial charge >= 0.3 is 5.97 Å². The van der Waals surface area contributed by atoms with Crippen molar-refractivity contribution in [3.63, 3.8) is 0 Å². The molecule has 0 heterocycles. The molecule has 8 heteroatoms. The summed E-state index contributed by atoms with van der Waals surface area (Å²) in [5.74, 6) is -1.84. The number of carbonyl (C=O) groups excluding carboxylic acids is 1. The maximum Gasteiger partial charge on any atom is 0.337 e. The molecular formula is C18H18F2O5S. The molecule has 0 unspecified atom stereocenters. The van der Waals surface area contributed by atoms with Gasteiger partial charge in [0.05, 0.1) is 31.8 Å². The Morgan fingerprint density at radius 2 is 1.73 bits per heavy atom. The third kappa shape index (κ3) is 5.01. The predicted octanol–water partition coefficient (Wildman–Crippen LogP) is 4.38. The van der Waals surface area contributed by atoms with Crippen molar-refractivity contribution in [3.05, 3.63) is 47.5 Å². The van der Waals surface area contributed by atoms with Crippen molar-refractivity contribution in [3.8, 4) is 17.2 Å². The number of benzene rings is 2. The lowest BCUT2D eigenvalue weighted by molar-refractivity contribution is 0.0600. The third-order valence-electron chi connectivity index (χ3n) is 3.42. The molecule has 26 heavy (non-hydrogen) atoms. The quantitative estimate of drug-likeness (QED) is 0.497. The molecule has 0 aliphatic rings. The highest BCUT2D eigenvalue weighted by molar-refractivity contribution is 7.99. The first-order chi connectivity index (χ1) is 12.5. The van der Waals surface area contributed by atoms with Gasteiger partial charge in [0.1, 0.15) is 12.4 Å². The predicted molar refractivity (Wildman–Crippen MR) is 93.5 cm³/mol. The Morgan fingerprint density at radius 1 is 1.00 bits per heavy atom. The van der Waals surface area contributed by atoms with E-state index in [2.05, 4.69) is 4.74 Å². The number of esters is 1. The van der Waals surface area contributed by atoms with Crippen LogP contribution in [-0.2, 0) is 11.3 Å². The molecule has 0 aromatic heterocycles. The van der Waals surface area contributed by atoms with Crippen LogP contribution in [0.1, 0.15) is 15.9 Å². The summed E-state index contributed by atoms with van der Waals surface area (Å²) in [5, 5.41) is 0. The summed E-state index contributed by atoms with van der Waals surface area (Å²) in [4.78, 5) is 11.9. The van der Waals surface area contributed by atoms with Crippen LogP contribution in [0.2, 0.25) is 0 Å². The molecule has 0 fully saturated rings. The molecule has 0 atom stereocenters. The first-order valence-electron chi connectivity index (χ1n) is 7.49. The summed E-state index contributed by atoms with van der Waals surface area (Å²) in [6.45, 7) is 0.171. The Morgan fingerprint density at radius 3 is 2.35 bits per heavy atom. The largest absolute Gasteiger partial charge is 0.496 e. The normalized spacial score (nSPS) is 10.5. The summed E-state index contributed by atoms with van der Waals surface area (Å²) in [6, 6.07) is 9.56. The summed E-state index contributed by atoms with van der Waals surface area (Å²) in [7, 11) is 4.18.